The van der Waals surface area contributed by atoms with Crippen LogP contribution in [0.1, 0.15) is 15.4 Å². The van der Waals surface area contributed by atoms with E-state index >= 15 is 0 Å². The van der Waals surface area contributed by atoms with Gasteiger partial charge in [-0.2, -0.15) is 5.10 Å². The molecule has 0 spiro atoms. The third-order valence-electron chi connectivity index (χ3n) is 3.11. The van der Waals surface area contributed by atoms with Crippen LogP contribution >= 0.6 is 11.5 Å². The number of carbonyl (C=O) groups is 1. The summed E-state index contributed by atoms with van der Waals surface area (Å²) < 4.78 is 5.55. The van der Waals surface area contributed by atoms with Crippen LogP contribution in [-0.4, -0.2) is 36.8 Å². The highest BCUT2D eigenvalue weighted by atomic mass is 32.1. The molecule has 0 atom stereocenters. The Hall–Kier alpha value is -2.61. The fraction of sp³-hybridized carbons (Fsp3) is 0.214. The van der Waals surface area contributed by atoms with E-state index in [2.05, 4.69) is 25.0 Å². The van der Waals surface area contributed by atoms with Gasteiger partial charge in [0.15, 0.2) is 0 Å². The second-order valence-corrected chi connectivity index (χ2v) is 5.43. The molecule has 112 valence electrons. The van der Waals surface area contributed by atoms with Gasteiger partial charge in [-0.15, -0.1) is 5.10 Å². The van der Waals surface area contributed by atoms with E-state index in [-0.39, 0.29) is 5.91 Å². The van der Waals surface area contributed by atoms with Crippen molar-refractivity contribution in [2.45, 2.75) is 13.5 Å². The largest absolute Gasteiger partial charge is 0.349 e. The van der Waals surface area contributed by atoms with Gasteiger partial charge in [0.2, 0.25) is 0 Å². The quantitative estimate of drug-likeness (QED) is 0.772. The van der Waals surface area contributed by atoms with Crippen molar-refractivity contribution in [3.05, 3.63) is 47.5 Å². The molecule has 3 aromatic heterocycles. The van der Waals surface area contributed by atoms with Gasteiger partial charge in [0, 0.05) is 36.3 Å². The molecule has 0 fully saturated rings. The Morgan fingerprint density at radius 2 is 2.27 bits per heavy atom. The first-order chi connectivity index (χ1) is 10.7. The summed E-state index contributed by atoms with van der Waals surface area (Å²) in [4.78, 5) is 16.6. The zero-order valence-electron chi connectivity index (χ0n) is 11.9. The number of amides is 1. The number of rotatable bonds is 5. The van der Waals surface area contributed by atoms with Gasteiger partial charge in [-0.05, 0) is 24.5 Å². The average molecular weight is 314 g/mol. The maximum atomic E-state index is 11.9. The number of nitrogens with zero attached hydrogens (tertiary/aromatic N) is 5. The van der Waals surface area contributed by atoms with Gasteiger partial charge in [-0.1, -0.05) is 10.6 Å². The second kappa shape index (κ2) is 6.44. The Balaban J connectivity index is 1.56. The fourth-order valence-corrected chi connectivity index (χ4v) is 2.55. The predicted molar refractivity (Wildman–Crippen MR) is 82.4 cm³/mol. The lowest BCUT2D eigenvalue weighted by Gasteiger charge is -2.03. The molecule has 0 radical (unpaired) electrons. The highest BCUT2D eigenvalue weighted by Gasteiger charge is 2.12. The topological polar surface area (TPSA) is 85.6 Å². The van der Waals surface area contributed by atoms with Crippen molar-refractivity contribution in [3.8, 4) is 11.1 Å². The Kier molecular flexibility index (Phi) is 4.19. The summed E-state index contributed by atoms with van der Waals surface area (Å²) in [5.41, 5.74) is 2.67. The molecule has 0 saturated carbocycles. The van der Waals surface area contributed by atoms with E-state index in [1.54, 1.807) is 30.2 Å². The molecule has 0 bridgehead atoms. The summed E-state index contributed by atoms with van der Waals surface area (Å²) in [6.45, 7) is 2.85. The van der Waals surface area contributed by atoms with Gasteiger partial charge in [0.05, 0.1) is 18.4 Å². The average Bonchev–Trinajstić information content (AvgIpc) is 3.17. The highest BCUT2D eigenvalue weighted by Crippen LogP contribution is 2.16. The Bertz CT molecular complexity index is 767. The van der Waals surface area contributed by atoms with E-state index in [1.165, 1.54) is 0 Å². The summed E-state index contributed by atoms with van der Waals surface area (Å²) in [5, 5.41) is 11.0. The van der Waals surface area contributed by atoms with Crippen LogP contribution in [0.3, 0.4) is 0 Å². The van der Waals surface area contributed by atoms with Crippen molar-refractivity contribution >= 4 is 17.4 Å². The van der Waals surface area contributed by atoms with Crippen molar-refractivity contribution in [2.24, 2.45) is 0 Å². The van der Waals surface area contributed by atoms with E-state index in [0.717, 1.165) is 22.7 Å². The molecule has 0 unspecified atom stereocenters. The molecule has 0 saturated heterocycles. The zero-order chi connectivity index (χ0) is 15.4. The lowest BCUT2D eigenvalue weighted by molar-refractivity contribution is 0.0955. The van der Waals surface area contributed by atoms with E-state index in [9.17, 15) is 4.79 Å². The third-order valence-corrected chi connectivity index (χ3v) is 3.94. The molecule has 22 heavy (non-hydrogen) atoms. The van der Waals surface area contributed by atoms with Crippen molar-refractivity contribution < 1.29 is 4.79 Å². The van der Waals surface area contributed by atoms with Crippen molar-refractivity contribution in [3.63, 3.8) is 0 Å². The van der Waals surface area contributed by atoms with Crippen LogP contribution in [0, 0.1) is 6.92 Å². The number of hydrogen-bond donors (Lipinski definition) is 1. The summed E-state index contributed by atoms with van der Waals surface area (Å²) in [6.07, 6.45) is 7.25. The number of pyridine rings is 1. The second-order valence-electron chi connectivity index (χ2n) is 4.68. The van der Waals surface area contributed by atoms with Crippen molar-refractivity contribution in [2.75, 3.05) is 6.54 Å². The third kappa shape index (κ3) is 3.17. The maximum Gasteiger partial charge on any atom is 0.265 e. The summed E-state index contributed by atoms with van der Waals surface area (Å²) in [5.74, 6) is -0.146. The smallest absolute Gasteiger partial charge is 0.265 e. The molecule has 0 aliphatic heterocycles. The SMILES string of the molecule is Cc1nnsc1C(=O)NCCn1cc(-c2cccnc2)cn1. The van der Waals surface area contributed by atoms with Gasteiger partial charge < -0.3 is 5.32 Å². The maximum absolute atomic E-state index is 11.9. The van der Waals surface area contributed by atoms with Gasteiger partial charge in [0.1, 0.15) is 4.88 Å². The minimum absolute atomic E-state index is 0.146. The normalized spacial score (nSPS) is 10.6. The summed E-state index contributed by atoms with van der Waals surface area (Å²) in [6, 6.07) is 3.87. The molecular weight excluding hydrogens is 300 g/mol. The van der Waals surface area contributed by atoms with Gasteiger partial charge in [0.25, 0.3) is 5.91 Å². The van der Waals surface area contributed by atoms with Crippen LogP contribution in [0.2, 0.25) is 0 Å². The molecule has 0 aliphatic carbocycles. The number of hydrogen-bond acceptors (Lipinski definition) is 6. The number of aromatic nitrogens is 5. The molecule has 1 amide bonds. The summed E-state index contributed by atoms with van der Waals surface area (Å²) in [7, 11) is 0. The molecule has 3 rings (SSSR count). The predicted octanol–water partition coefficient (Wildman–Crippen LogP) is 1.54. The van der Waals surface area contributed by atoms with Crippen LogP contribution < -0.4 is 5.32 Å². The molecule has 3 aromatic rings. The summed E-state index contributed by atoms with van der Waals surface area (Å²) >= 11 is 1.10. The molecule has 8 heteroatoms. The zero-order valence-corrected chi connectivity index (χ0v) is 12.7. The molecule has 0 aromatic carbocycles. The molecular formula is C14H14N6OS. The number of nitrogens with one attached hydrogen (secondary N) is 1. The van der Waals surface area contributed by atoms with Crippen LogP contribution in [0.15, 0.2) is 36.9 Å². The van der Waals surface area contributed by atoms with E-state index < -0.39 is 0 Å². The molecule has 1 N–H and O–H groups in total. The highest BCUT2D eigenvalue weighted by molar-refractivity contribution is 7.07. The lowest BCUT2D eigenvalue weighted by Crippen LogP contribution is -2.27. The van der Waals surface area contributed by atoms with Gasteiger partial charge in [-0.3, -0.25) is 14.5 Å². The monoisotopic (exact) mass is 314 g/mol. The van der Waals surface area contributed by atoms with E-state index in [0.29, 0.717) is 23.7 Å². The van der Waals surface area contributed by atoms with Crippen LogP contribution in [-0.2, 0) is 6.54 Å². The lowest BCUT2D eigenvalue weighted by atomic mass is 10.2. The van der Waals surface area contributed by atoms with Crippen LogP contribution in [0.25, 0.3) is 11.1 Å². The first-order valence-electron chi connectivity index (χ1n) is 6.74. The number of aryl methyl sites for hydroxylation is 1. The minimum atomic E-state index is -0.146. The van der Waals surface area contributed by atoms with Gasteiger partial charge >= 0.3 is 0 Å². The Labute approximate surface area is 131 Å². The van der Waals surface area contributed by atoms with Crippen LogP contribution in [0.5, 0.6) is 0 Å². The molecule has 7 nitrogen and oxygen atoms in total. The fourth-order valence-electron chi connectivity index (χ4n) is 1.97. The molecule has 0 aliphatic rings. The van der Waals surface area contributed by atoms with Crippen LogP contribution in [0.4, 0.5) is 0 Å². The first-order valence-corrected chi connectivity index (χ1v) is 7.51. The standard InChI is InChI=1S/C14H14N6OS/c1-10-13(22-19-18-10)14(21)16-5-6-20-9-12(8-17-20)11-3-2-4-15-7-11/h2-4,7-9H,5-6H2,1H3,(H,16,21). The van der Waals surface area contributed by atoms with E-state index in [1.807, 2.05) is 18.3 Å². The van der Waals surface area contributed by atoms with Crippen molar-refractivity contribution in [1.29, 1.82) is 0 Å². The first kappa shape index (κ1) is 14.3. The van der Waals surface area contributed by atoms with E-state index in [4.69, 9.17) is 0 Å². The Morgan fingerprint density at radius 1 is 1.36 bits per heavy atom. The minimum Gasteiger partial charge on any atom is -0.349 e. The Morgan fingerprint density at radius 3 is 3.00 bits per heavy atom. The van der Waals surface area contributed by atoms with Gasteiger partial charge in [-0.25, -0.2) is 0 Å². The van der Waals surface area contributed by atoms with Crippen molar-refractivity contribution in [1.82, 2.24) is 29.7 Å². The number of carbonyl (C=O) groups excluding carboxylic acids is 1. The molecule has 3 heterocycles.